The smallest absolute Gasteiger partial charge is 0.387 e. The topological polar surface area (TPSA) is 69.4 Å². The standard InChI is InChI=1S/C24H23F2N3O2/c1-15-8-19(31-23(25)26)6-7-21(15)24(11-22(27)29-14-24)18-5-3-4-16(9-18)17-10-20(30-2)13-28-12-17/h3-13,23,29H,14,27H2,1-2H3. The van der Waals surface area contributed by atoms with Gasteiger partial charge in [-0.05, 0) is 59.5 Å². The molecule has 0 amide bonds. The van der Waals surface area contributed by atoms with Gasteiger partial charge in [-0.25, -0.2) is 0 Å². The maximum Gasteiger partial charge on any atom is 0.387 e. The number of rotatable bonds is 6. The van der Waals surface area contributed by atoms with E-state index in [1.807, 2.05) is 43.3 Å². The monoisotopic (exact) mass is 423 g/mol. The van der Waals surface area contributed by atoms with Gasteiger partial charge in [-0.1, -0.05) is 24.3 Å². The molecule has 0 spiro atoms. The molecule has 0 bridgehead atoms. The molecule has 0 saturated heterocycles. The first kappa shape index (κ1) is 20.7. The number of nitrogens with zero attached hydrogens (tertiary/aromatic N) is 1. The Balaban J connectivity index is 1.81. The maximum atomic E-state index is 12.6. The van der Waals surface area contributed by atoms with Crippen LogP contribution in [0.25, 0.3) is 11.1 Å². The highest BCUT2D eigenvalue weighted by Gasteiger charge is 2.37. The number of nitrogens with one attached hydrogen (secondary N) is 1. The minimum atomic E-state index is -2.86. The fourth-order valence-corrected chi connectivity index (χ4v) is 4.10. The Bertz CT molecular complexity index is 1130. The third-order valence-corrected chi connectivity index (χ3v) is 5.54. The lowest BCUT2D eigenvalue weighted by molar-refractivity contribution is -0.0498. The van der Waals surface area contributed by atoms with Gasteiger partial charge in [-0.15, -0.1) is 0 Å². The van der Waals surface area contributed by atoms with Crippen LogP contribution in [0, 0.1) is 6.92 Å². The Kier molecular flexibility index (Phi) is 5.50. The van der Waals surface area contributed by atoms with E-state index in [1.54, 1.807) is 31.6 Å². The Hall–Kier alpha value is -3.61. The van der Waals surface area contributed by atoms with Crippen LogP contribution in [0.4, 0.5) is 8.78 Å². The zero-order valence-electron chi connectivity index (χ0n) is 17.2. The third kappa shape index (κ3) is 4.03. The number of aryl methyl sites for hydroxylation is 1. The number of nitrogens with two attached hydrogens (primary N) is 1. The Labute approximate surface area is 179 Å². The number of hydrogen-bond donors (Lipinski definition) is 2. The molecule has 2 aromatic carbocycles. The number of alkyl halides is 2. The van der Waals surface area contributed by atoms with Gasteiger partial charge in [0.2, 0.25) is 0 Å². The van der Waals surface area contributed by atoms with Crippen molar-refractivity contribution in [3.8, 4) is 22.6 Å². The number of methoxy groups -OCH3 is 1. The van der Waals surface area contributed by atoms with Crippen molar-refractivity contribution in [2.24, 2.45) is 5.73 Å². The van der Waals surface area contributed by atoms with Crippen molar-refractivity contribution >= 4 is 0 Å². The first-order valence-electron chi connectivity index (χ1n) is 9.79. The summed E-state index contributed by atoms with van der Waals surface area (Å²) in [5, 5.41) is 3.21. The van der Waals surface area contributed by atoms with Crippen LogP contribution in [-0.2, 0) is 5.41 Å². The van der Waals surface area contributed by atoms with Crippen molar-refractivity contribution in [1.29, 1.82) is 0 Å². The van der Waals surface area contributed by atoms with E-state index >= 15 is 0 Å². The predicted octanol–water partition coefficient (Wildman–Crippen LogP) is 4.36. The molecule has 1 aromatic heterocycles. The molecule has 1 unspecified atom stereocenters. The van der Waals surface area contributed by atoms with E-state index in [0.717, 1.165) is 27.8 Å². The number of ether oxygens (including phenoxy) is 2. The summed E-state index contributed by atoms with van der Waals surface area (Å²) in [6, 6.07) is 15.1. The lowest BCUT2D eigenvalue weighted by atomic mass is 9.73. The second-order valence-corrected chi connectivity index (χ2v) is 7.47. The fourth-order valence-electron chi connectivity index (χ4n) is 4.10. The van der Waals surface area contributed by atoms with E-state index in [-0.39, 0.29) is 5.75 Å². The number of benzene rings is 2. The van der Waals surface area contributed by atoms with E-state index in [1.165, 1.54) is 0 Å². The van der Waals surface area contributed by atoms with Crippen molar-refractivity contribution in [1.82, 2.24) is 10.3 Å². The summed E-state index contributed by atoms with van der Waals surface area (Å²) in [6.07, 6.45) is 5.42. The Morgan fingerprint density at radius 2 is 1.90 bits per heavy atom. The second kappa shape index (κ2) is 8.26. The van der Waals surface area contributed by atoms with Crippen LogP contribution in [0.1, 0.15) is 16.7 Å². The van der Waals surface area contributed by atoms with Crippen molar-refractivity contribution < 1.29 is 18.3 Å². The molecule has 1 aliphatic rings. The minimum Gasteiger partial charge on any atom is -0.495 e. The van der Waals surface area contributed by atoms with E-state index in [0.29, 0.717) is 18.1 Å². The van der Waals surface area contributed by atoms with Crippen LogP contribution in [0.5, 0.6) is 11.5 Å². The zero-order valence-corrected chi connectivity index (χ0v) is 17.2. The Morgan fingerprint density at radius 3 is 2.58 bits per heavy atom. The highest BCUT2D eigenvalue weighted by Crippen LogP contribution is 2.40. The molecule has 31 heavy (non-hydrogen) atoms. The molecule has 160 valence electrons. The summed E-state index contributed by atoms with van der Waals surface area (Å²) in [7, 11) is 1.61. The number of aromatic nitrogens is 1. The summed E-state index contributed by atoms with van der Waals surface area (Å²) in [5.41, 5.74) is 10.3. The Morgan fingerprint density at radius 1 is 1.06 bits per heavy atom. The summed E-state index contributed by atoms with van der Waals surface area (Å²) in [5.74, 6) is 1.38. The van der Waals surface area contributed by atoms with Crippen LogP contribution in [0.2, 0.25) is 0 Å². The van der Waals surface area contributed by atoms with Crippen molar-refractivity contribution in [3.63, 3.8) is 0 Å². The highest BCUT2D eigenvalue weighted by molar-refractivity contribution is 5.66. The van der Waals surface area contributed by atoms with Gasteiger partial charge in [0, 0.05) is 18.3 Å². The van der Waals surface area contributed by atoms with Gasteiger partial charge in [0.05, 0.1) is 24.5 Å². The molecule has 2 heterocycles. The highest BCUT2D eigenvalue weighted by atomic mass is 19.3. The predicted molar refractivity (Wildman–Crippen MR) is 115 cm³/mol. The van der Waals surface area contributed by atoms with Gasteiger partial charge in [-0.3, -0.25) is 4.98 Å². The van der Waals surface area contributed by atoms with Gasteiger partial charge < -0.3 is 20.5 Å². The normalized spacial score (nSPS) is 17.9. The van der Waals surface area contributed by atoms with Gasteiger partial charge >= 0.3 is 6.61 Å². The van der Waals surface area contributed by atoms with Crippen LogP contribution in [-0.4, -0.2) is 25.3 Å². The van der Waals surface area contributed by atoms with Gasteiger partial charge in [-0.2, -0.15) is 8.78 Å². The second-order valence-electron chi connectivity index (χ2n) is 7.47. The molecule has 1 atom stereocenters. The molecule has 7 heteroatoms. The molecular formula is C24H23F2N3O2. The molecule has 0 radical (unpaired) electrons. The number of hydrogen-bond acceptors (Lipinski definition) is 5. The van der Waals surface area contributed by atoms with Gasteiger partial charge in [0.25, 0.3) is 0 Å². The van der Waals surface area contributed by atoms with Gasteiger partial charge in [0.15, 0.2) is 0 Å². The molecule has 3 N–H and O–H groups in total. The van der Waals surface area contributed by atoms with E-state index < -0.39 is 12.0 Å². The fraction of sp³-hybridized carbons (Fsp3) is 0.208. The SMILES string of the molecule is COc1cncc(-c2cccc(C3(c4ccc(OC(F)F)cc4C)C=C(N)NC3)c2)c1. The quantitative estimate of drug-likeness (QED) is 0.617. The van der Waals surface area contributed by atoms with Crippen molar-refractivity contribution in [3.05, 3.63) is 89.5 Å². The molecule has 5 nitrogen and oxygen atoms in total. The summed E-state index contributed by atoms with van der Waals surface area (Å²) >= 11 is 0. The lowest BCUT2D eigenvalue weighted by Crippen LogP contribution is -2.32. The average molecular weight is 423 g/mol. The molecular weight excluding hydrogens is 400 g/mol. The van der Waals surface area contributed by atoms with Gasteiger partial charge in [0.1, 0.15) is 11.5 Å². The first-order chi connectivity index (χ1) is 14.9. The first-order valence-corrected chi connectivity index (χ1v) is 9.79. The van der Waals surface area contributed by atoms with Crippen LogP contribution in [0.15, 0.2) is 72.8 Å². The minimum absolute atomic E-state index is 0.130. The van der Waals surface area contributed by atoms with E-state index in [4.69, 9.17) is 10.5 Å². The van der Waals surface area contributed by atoms with Crippen LogP contribution in [0.3, 0.4) is 0 Å². The average Bonchev–Trinajstić information content (AvgIpc) is 3.16. The van der Waals surface area contributed by atoms with Crippen molar-refractivity contribution in [2.45, 2.75) is 19.0 Å². The number of pyridine rings is 1. The summed E-state index contributed by atoms with van der Waals surface area (Å²) in [4.78, 5) is 4.25. The van der Waals surface area contributed by atoms with Crippen LogP contribution < -0.4 is 20.5 Å². The molecule has 0 aliphatic carbocycles. The van der Waals surface area contributed by atoms with E-state index in [9.17, 15) is 8.78 Å². The maximum absolute atomic E-state index is 12.6. The summed E-state index contributed by atoms with van der Waals surface area (Å²) in [6.45, 7) is -0.432. The summed E-state index contributed by atoms with van der Waals surface area (Å²) < 4.78 is 35.1. The number of halogens is 2. The molecule has 1 aliphatic heterocycles. The molecule has 3 aromatic rings. The van der Waals surface area contributed by atoms with Crippen LogP contribution >= 0.6 is 0 Å². The largest absolute Gasteiger partial charge is 0.495 e. The van der Waals surface area contributed by atoms with E-state index in [2.05, 4.69) is 21.1 Å². The molecule has 0 saturated carbocycles. The van der Waals surface area contributed by atoms with Crippen molar-refractivity contribution in [2.75, 3.05) is 13.7 Å². The lowest BCUT2D eigenvalue weighted by Gasteiger charge is -2.30. The zero-order chi connectivity index (χ0) is 22.0. The molecule has 0 fully saturated rings. The third-order valence-electron chi connectivity index (χ3n) is 5.54. The molecule has 4 rings (SSSR count).